The van der Waals surface area contributed by atoms with E-state index in [9.17, 15) is 9.90 Å². The maximum Gasteiger partial charge on any atom is 0.275 e. The Balaban J connectivity index is 1.52. The molecular formula is C22H20N2O3. The summed E-state index contributed by atoms with van der Waals surface area (Å²) in [7, 11) is 0. The highest BCUT2D eigenvalue weighted by molar-refractivity contribution is 5.97. The number of aromatic hydroxyl groups is 1. The third kappa shape index (κ3) is 5.19. The van der Waals surface area contributed by atoms with Gasteiger partial charge in [0.05, 0.1) is 11.8 Å². The Kier molecular flexibility index (Phi) is 5.84. The summed E-state index contributed by atoms with van der Waals surface area (Å²) in [6, 6.07) is 21.9. The number of phenolic OH excluding ortho intramolecular Hbond substituents is 1. The number of para-hydroxylation sites is 1. The number of hydrogen-bond acceptors (Lipinski definition) is 4. The van der Waals surface area contributed by atoms with Gasteiger partial charge in [-0.3, -0.25) is 4.79 Å². The Hall–Kier alpha value is -3.60. The van der Waals surface area contributed by atoms with E-state index in [-0.39, 0.29) is 11.3 Å². The predicted molar refractivity (Wildman–Crippen MR) is 105 cm³/mol. The maximum absolute atomic E-state index is 11.9. The first-order valence-electron chi connectivity index (χ1n) is 8.51. The average molecular weight is 360 g/mol. The molecule has 5 heteroatoms. The van der Waals surface area contributed by atoms with E-state index in [1.807, 2.05) is 36.4 Å². The van der Waals surface area contributed by atoms with Crippen molar-refractivity contribution < 1.29 is 14.6 Å². The van der Waals surface area contributed by atoms with Crippen LogP contribution in [0.3, 0.4) is 0 Å². The van der Waals surface area contributed by atoms with Crippen LogP contribution < -0.4 is 10.2 Å². The van der Waals surface area contributed by atoms with Gasteiger partial charge in [0.1, 0.15) is 18.1 Å². The number of hydrogen-bond donors (Lipinski definition) is 2. The minimum atomic E-state index is -0.470. The molecule has 3 aromatic rings. The number of ether oxygens (including phenoxy) is 1. The monoisotopic (exact) mass is 360 g/mol. The molecule has 0 saturated carbocycles. The smallest absolute Gasteiger partial charge is 0.275 e. The third-order valence-electron chi connectivity index (χ3n) is 3.93. The number of carbonyl (C=O) groups is 1. The molecule has 3 aromatic carbocycles. The summed E-state index contributed by atoms with van der Waals surface area (Å²) < 4.78 is 5.76. The lowest BCUT2D eigenvalue weighted by Crippen LogP contribution is -2.17. The van der Waals surface area contributed by atoms with Crippen LogP contribution in [0.4, 0.5) is 0 Å². The Morgan fingerprint density at radius 2 is 1.74 bits per heavy atom. The van der Waals surface area contributed by atoms with Crippen LogP contribution in [0.1, 0.15) is 27.0 Å². The highest BCUT2D eigenvalue weighted by Crippen LogP contribution is 2.15. The van der Waals surface area contributed by atoms with E-state index in [0.29, 0.717) is 6.61 Å². The Morgan fingerprint density at radius 1 is 1.04 bits per heavy atom. The Bertz CT molecular complexity index is 933. The van der Waals surface area contributed by atoms with Crippen molar-refractivity contribution in [2.45, 2.75) is 13.5 Å². The second-order valence-corrected chi connectivity index (χ2v) is 6.06. The molecule has 0 radical (unpaired) electrons. The van der Waals surface area contributed by atoms with Crippen LogP contribution in [-0.4, -0.2) is 17.2 Å². The zero-order valence-corrected chi connectivity index (χ0v) is 14.9. The first kappa shape index (κ1) is 18.2. The van der Waals surface area contributed by atoms with E-state index >= 15 is 0 Å². The van der Waals surface area contributed by atoms with Crippen molar-refractivity contribution in [3.8, 4) is 11.5 Å². The molecule has 0 atom stereocenters. The SMILES string of the molecule is Cc1ccc(COc2ccc(C=NNC(=O)c3ccccc3O)cc2)cc1. The van der Waals surface area contributed by atoms with Crippen molar-refractivity contribution in [2.24, 2.45) is 5.10 Å². The number of amides is 1. The lowest BCUT2D eigenvalue weighted by atomic mass is 10.2. The van der Waals surface area contributed by atoms with Gasteiger partial charge in [-0.25, -0.2) is 5.43 Å². The number of nitrogens with zero attached hydrogens (tertiary/aromatic N) is 1. The molecule has 1 amide bonds. The van der Waals surface area contributed by atoms with Crippen LogP contribution >= 0.6 is 0 Å². The zero-order chi connectivity index (χ0) is 19.1. The van der Waals surface area contributed by atoms with Crippen molar-refractivity contribution in [3.63, 3.8) is 0 Å². The highest BCUT2D eigenvalue weighted by Gasteiger charge is 2.08. The van der Waals surface area contributed by atoms with E-state index < -0.39 is 5.91 Å². The van der Waals surface area contributed by atoms with Crippen LogP contribution in [0, 0.1) is 6.92 Å². The van der Waals surface area contributed by atoms with Crippen molar-refractivity contribution in [2.75, 3.05) is 0 Å². The average Bonchev–Trinajstić information content (AvgIpc) is 2.69. The Labute approximate surface area is 157 Å². The number of carbonyl (C=O) groups excluding carboxylic acids is 1. The molecule has 2 N–H and O–H groups in total. The summed E-state index contributed by atoms with van der Waals surface area (Å²) >= 11 is 0. The topological polar surface area (TPSA) is 70.9 Å². The van der Waals surface area contributed by atoms with Crippen molar-refractivity contribution in [1.29, 1.82) is 0 Å². The first-order chi connectivity index (χ1) is 13.1. The predicted octanol–water partition coefficient (Wildman–Crippen LogP) is 4.04. The quantitative estimate of drug-likeness (QED) is 0.515. The second-order valence-electron chi connectivity index (χ2n) is 6.06. The maximum atomic E-state index is 11.9. The molecule has 27 heavy (non-hydrogen) atoms. The number of nitrogens with one attached hydrogen (secondary N) is 1. The summed E-state index contributed by atoms with van der Waals surface area (Å²) in [5, 5.41) is 13.6. The van der Waals surface area contributed by atoms with Gasteiger partial charge in [0.2, 0.25) is 0 Å². The van der Waals surface area contributed by atoms with Crippen LogP contribution in [-0.2, 0) is 6.61 Å². The molecule has 3 rings (SSSR count). The van der Waals surface area contributed by atoms with Crippen LogP contribution in [0.5, 0.6) is 11.5 Å². The molecule has 136 valence electrons. The number of phenols is 1. The molecule has 0 heterocycles. The third-order valence-corrected chi connectivity index (χ3v) is 3.93. The van der Waals surface area contributed by atoms with Gasteiger partial charge in [0.25, 0.3) is 5.91 Å². The summed E-state index contributed by atoms with van der Waals surface area (Å²) in [6.45, 7) is 2.56. The number of aryl methyl sites for hydroxylation is 1. The molecule has 0 saturated heterocycles. The second kappa shape index (κ2) is 8.67. The summed E-state index contributed by atoms with van der Waals surface area (Å²) in [5.41, 5.74) is 5.71. The first-order valence-corrected chi connectivity index (χ1v) is 8.51. The van der Waals surface area contributed by atoms with E-state index in [1.54, 1.807) is 12.1 Å². The van der Waals surface area contributed by atoms with Gasteiger partial charge in [-0.15, -0.1) is 0 Å². The zero-order valence-electron chi connectivity index (χ0n) is 14.9. The molecule has 0 aliphatic heterocycles. The minimum absolute atomic E-state index is 0.0831. The summed E-state index contributed by atoms with van der Waals surface area (Å²) in [5.74, 6) is 0.202. The molecular weight excluding hydrogens is 340 g/mol. The largest absolute Gasteiger partial charge is 0.507 e. The molecule has 0 bridgehead atoms. The van der Waals surface area contributed by atoms with Crippen molar-refractivity contribution in [1.82, 2.24) is 5.43 Å². The van der Waals surface area contributed by atoms with Crippen LogP contribution in [0.25, 0.3) is 0 Å². The lowest BCUT2D eigenvalue weighted by Gasteiger charge is -2.07. The Morgan fingerprint density at radius 3 is 2.44 bits per heavy atom. The lowest BCUT2D eigenvalue weighted by molar-refractivity contribution is 0.0952. The highest BCUT2D eigenvalue weighted by atomic mass is 16.5. The van der Waals surface area contributed by atoms with E-state index in [4.69, 9.17) is 4.74 Å². The van der Waals surface area contributed by atoms with Gasteiger partial charge in [0.15, 0.2) is 0 Å². The van der Waals surface area contributed by atoms with Gasteiger partial charge in [-0.2, -0.15) is 5.10 Å². The van der Waals surface area contributed by atoms with Gasteiger partial charge in [0, 0.05) is 0 Å². The summed E-state index contributed by atoms with van der Waals surface area (Å²) in [6.07, 6.45) is 1.53. The molecule has 0 aliphatic rings. The number of benzene rings is 3. The fourth-order valence-electron chi connectivity index (χ4n) is 2.39. The van der Waals surface area contributed by atoms with Crippen molar-refractivity contribution >= 4 is 12.1 Å². The van der Waals surface area contributed by atoms with Crippen LogP contribution in [0.2, 0.25) is 0 Å². The van der Waals surface area contributed by atoms with Gasteiger partial charge in [-0.05, 0) is 54.4 Å². The number of hydrazone groups is 1. The fraction of sp³-hybridized carbons (Fsp3) is 0.0909. The van der Waals surface area contributed by atoms with E-state index in [0.717, 1.165) is 16.9 Å². The summed E-state index contributed by atoms with van der Waals surface area (Å²) in [4.78, 5) is 11.9. The van der Waals surface area contributed by atoms with Gasteiger partial charge < -0.3 is 9.84 Å². The van der Waals surface area contributed by atoms with Gasteiger partial charge >= 0.3 is 0 Å². The standard InChI is InChI=1S/C22H20N2O3/c1-16-6-8-18(9-7-16)15-27-19-12-10-17(11-13-19)14-23-24-22(26)20-4-2-3-5-21(20)25/h2-14,25H,15H2,1H3,(H,24,26). The molecule has 0 aliphatic carbocycles. The minimum Gasteiger partial charge on any atom is -0.507 e. The van der Waals surface area contributed by atoms with Gasteiger partial charge in [-0.1, -0.05) is 42.0 Å². The molecule has 0 aromatic heterocycles. The molecule has 0 fully saturated rings. The number of rotatable bonds is 6. The van der Waals surface area contributed by atoms with Crippen LogP contribution in [0.15, 0.2) is 77.9 Å². The molecule has 5 nitrogen and oxygen atoms in total. The molecule has 0 spiro atoms. The van der Waals surface area contributed by atoms with E-state index in [2.05, 4.69) is 29.6 Å². The fourth-order valence-corrected chi connectivity index (χ4v) is 2.39. The van der Waals surface area contributed by atoms with Crippen molar-refractivity contribution in [3.05, 3.63) is 95.1 Å². The normalized spacial score (nSPS) is 10.7. The van der Waals surface area contributed by atoms with E-state index in [1.165, 1.54) is 23.9 Å². The molecule has 0 unspecified atom stereocenters.